The lowest BCUT2D eigenvalue weighted by Gasteiger charge is -2.09. The summed E-state index contributed by atoms with van der Waals surface area (Å²) in [5.74, 6) is 1.51. The van der Waals surface area contributed by atoms with Gasteiger partial charge in [0.1, 0.15) is 11.5 Å². The number of ether oxygens (including phenoxy) is 1. The van der Waals surface area contributed by atoms with Crippen LogP contribution in [0, 0.1) is 0 Å². The van der Waals surface area contributed by atoms with E-state index in [-0.39, 0.29) is 0 Å². The molecule has 0 saturated heterocycles. The van der Waals surface area contributed by atoms with E-state index in [1.807, 2.05) is 30.3 Å². The standard InChI is InChI=1S/C12H5Br5O/c13-6-1-7(14)3-8(2-6)18-9-4-10(15)12(17)11(16)5-9/h1-5H. The average Bonchev–Trinajstić information content (AvgIpc) is 2.24. The first-order valence-corrected chi connectivity index (χ1v) is 8.70. The molecule has 0 heterocycles. The van der Waals surface area contributed by atoms with Crippen LogP contribution in [-0.2, 0) is 0 Å². The second-order valence-corrected chi connectivity index (χ2v) is 7.74. The molecule has 0 spiro atoms. The quantitative estimate of drug-likeness (QED) is 0.348. The molecule has 0 fully saturated rings. The lowest BCUT2D eigenvalue weighted by molar-refractivity contribution is 0.481. The smallest absolute Gasteiger partial charge is 0.129 e. The maximum Gasteiger partial charge on any atom is 0.129 e. The Morgan fingerprint density at radius 3 is 1.56 bits per heavy atom. The first-order valence-electron chi connectivity index (χ1n) is 4.74. The van der Waals surface area contributed by atoms with E-state index < -0.39 is 0 Å². The highest BCUT2D eigenvalue weighted by molar-refractivity contribution is 9.14. The van der Waals surface area contributed by atoms with Gasteiger partial charge >= 0.3 is 0 Å². The van der Waals surface area contributed by atoms with Crippen molar-refractivity contribution in [1.29, 1.82) is 0 Å². The summed E-state index contributed by atoms with van der Waals surface area (Å²) in [6.45, 7) is 0. The summed E-state index contributed by atoms with van der Waals surface area (Å²) < 4.78 is 10.6. The SMILES string of the molecule is Brc1cc(Br)cc(Oc2cc(Br)c(Br)c(Br)c2)c1. The molecule has 0 unspecified atom stereocenters. The van der Waals surface area contributed by atoms with E-state index in [9.17, 15) is 0 Å². The van der Waals surface area contributed by atoms with Crippen LogP contribution in [-0.4, -0.2) is 0 Å². The molecule has 0 N–H and O–H groups in total. The molecule has 0 bridgehead atoms. The van der Waals surface area contributed by atoms with Gasteiger partial charge in [-0.15, -0.1) is 0 Å². The molecule has 2 rings (SSSR count). The molecule has 94 valence electrons. The number of benzene rings is 2. The molecule has 2 aromatic carbocycles. The van der Waals surface area contributed by atoms with Crippen LogP contribution in [0.25, 0.3) is 0 Å². The van der Waals surface area contributed by atoms with Crippen LogP contribution in [0.1, 0.15) is 0 Å². The zero-order valence-corrected chi connectivity index (χ0v) is 16.6. The first-order chi connectivity index (χ1) is 8.45. The number of rotatable bonds is 2. The molecule has 0 amide bonds. The maximum absolute atomic E-state index is 5.82. The maximum atomic E-state index is 5.82. The largest absolute Gasteiger partial charge is 0.457 e. The van der Waals surface area contributed by atoms with Crippen molar-refractivity contribution < 1.29 is 4.74 Å². The van der Waals surface area contributed by atoms with Crippen LogP contribution < -0.4 is 4.74 Å². The van der Waals surface area contributed by atoms with Gasteiger partial charge in [-0.1, -0.05) is 31.9 Å². The molecule has 0 saturated carbocycles. The van der Waals surface area contributed by atoms with E-state index in [0.717, 1.165) is 33.9 Å². The third-order valence-electron chi connectivity index (χ3n) is 2.03. The second-order valence-electron chi connectivity index (χ2n) is 3.41. The third-order valence-corrected chi connectivity index (χ3v) is 6.11. The van der Waals surface area contributed by atoms with Crippen LogP contribution >= 0.6 is 79.6 Å². The summed E-state index contributed by atoms with van der Waals surface area (Å²) in [5, 5.41) is 0. The Labute approximate surface area is 147 Å². The van der Waals surface area contributed by atoms with Gasteiger partial charge in [0, 0.05) is 22.4 Å². The molecular weight excluding hydrogens is 560 g/mol. The van der Waals surface area contributed by atoms with Gasteiger partial charge in [0.15, 0.2) is 0 Å². The molecule has 6 heteroatoms. The molecule has 0 aromatic heterocycles. The lowest BCUT2D eigenvalue weighted by Crippen LogP contribution is -1.86. The van der Waals surface area contributed by atoms with Crippen molar-refractivity contribution in [3.63, 3.8) is 0 Å². The van der Waals surface area contributed by atoms with Crippen molar-refractivity contribution in [3.05, 3.63) is 52.7 Å². The minimum atomic E-state index is 0.752. The Kier molecular flexibility index (Phi) is 5.34. The van der Waals surface area contributed by atoms with Crippen LogP contribution in [0.3, 0.4) is 0 Å². The van der Waals surface area contributed by atoms with Gasteiger partial charge in [0.2, 0.25) is 0 Å². The van der Waals surface area contributed by atoms with Crippen molar-refractivity contribution >= 4 is 79.6 Å². The van der Waals surface area contributed by atoms with E-state index in [1.54, 1.807) is 0 Å². The summed E-state index contributed by atoms with van der Waals surface area (Å²) >= 11 is 17.2. The number of halogens is 5. The van der Waals surface area contributed by atoms with Crippen molar-refractivity contribution in [3.8, 4) is 11.5 Å². The summed E-state index contributed by atoms with van der Waals surface area (Å²) in [4.78, 5) is 0. The molecule has 0 aliphatic rings. The molecule has 18 heavy (non-hydrogen) atoms. The van der Waals surface area contributed by atoms with Gasteiger partial charge in [-0.3, -0.25) is 0 Å². The Hall–Kier alpha value is 0.640. The number of hydrogen-bond donors (Lipinski definition) is 0. The molecule has 0 aliphatic heterocycles. The van der Waals surface area contributed by atoms with E-state index in [2.05, 4.69) is 79.6 Å². The first kappa shape index (κ1) is 15.0. The fourth-order valence-corrected chi connectivity index (χ4v) is 3.94. The monoisotopic (exact) mass is 560 g/mol. The Morgan fingerprint density at radius 2 is 1.06 bits per heavy atom. The van der Waals surface area contributed by atoms with Crippen molar-refractivity contribution in [2.24, 2.45) is 0 Å². The van der Waals surface area contributed by atoms with Crippen molar-refractivity contribution in [1.82, 2.24) is 0 Å². The van der Waals surface area contributed by atoms with E-state index in [1.165, 1.54) is 0 Å². The Balaban J connectivity index is 2.34. The highest BCUT2D eigenvalue weighted by atomic mass is 79.9. The van der Waals surface area contributed by atoms with Crippen LogP contribution in [0.4, 0.5) is 0 Å². The molecule has 1 nitrogen and oxygen atoms in total. The van der Waals surface area contributed by atoms with Gasteiger partial charge in [0.05, 0.1) is 0 Å². The predicted octanol–water partition coefficient (Wildman–Crippen LogP) is 7.29. The molecular formula is C12H5Br5O. The molecule has 0 atom stereocenters. The fraction of sp³-hybridized carbons (Fsp3) is 0. The van der Waals surface area contributed by atoms with Gasteiger partial charge in [-0.25, -0.2) is 0 Å². The Morgan fingerprint density at radius 1 is 0.611 bits per heavy atom. The third kappa shape index (κ3) is 3.82. The van der Waals surface area contributed by atoms with Gasteiger partial charge in [-0.05, 0) is 78.1 Å². The van der Waals surface area contributed by atoms with Gasteiger partial charge in [-0.2, -0.15) is 0 Å². The van der Waals surface area contributed by atoms with E-state index in [0.29, 0.717) is 0 Å². The highest BCUT2D eigenvalue weighted by Crippen LogP contribution is 2.37. The van der Waals surface area contributed by atoms with Gasteiger partial charge < -0.3 is 4.74 Å². The highest BCUT2D eigenvalue weighted by Gasteiger charge is 2.07. The molecule has 0 radical (unpaired) electrons. The summed E-state index contributed by atoms with van der Waals surface area (Å²) in [6, 6.07) is 9.59. The minimum Gasteiger partial charge on any atom is -0.457 e. The van der Waals surface area contributed by atoms with Crippen molar-refractivity contribution in [2.75, 3.05) is 0 Å². The summed E-state index contributed by atoms with van der Waals surface area (Å²) in [6.07, 6.45) is 0. The zero-order valence-electron chi connectivity index (χ0n) is 8.68. The minimum absolute atomic E-state index is 0.752. The number of hydrogen-bond acceptors (Lipinski definition) is 1. The molecule has 0 aliphatic carbocycles. The van der Waals surface area contributed by atoms with Crippen LogP contribution in [0.2, 0.25) is 0 Å². The summed E-state index contributed by atoms with van der Waals surface area (Å²) in [7, 11) is 0. The van der Waals surface area contributed by atoms with Crippen LogP contribution in [0.15, 0.2) is 52.7 Å². The average molecular weight is 565 g/mol. The lowest BCUT2D eigenvalue weighted by atomic mass is 10.3. The topological polar surface area (TPSA) is 9.23 Å². The second kappa shape index (κ2) is 6.39. The van der Waals surface area contributed by atoms with E-state index >= 15 is 0 Å². The zero-order chi connectivity index (χ0) is 13.3. The Bertz CT molecular complexity index is 554. The van der Waals surface area contributed by atoms with E-state index in [4.69, 9.17) is 4.74 Å². The fourth-order valence-electron chi connectivity index (χ4n) is 1.31. The normalized spacial score (nSPS) is 10.5. The van der Waals surface area contributed by atoms with Gasteiger partial charge in [0.25, 0.3) is 0 Å². The molecule has 2 aromatic rings. The predicted molar refractivity (Wildman–Crippen MR) is 91.5 cm³/mol. The summed E-state index contributed by atoms with van der Waals surface area (Å²) in [5.41, 5.74) is 0. The van der Waals surface area contributed by atoms with Crippen LogP contribution in [0.5, 0.6) is 11.5 Å². The van der Waals surface area contributed by atoms with Crippen molar-refractivity contribution in [2.45, 2.75) is 0 Å².